The van der Waals surface area contributed by atoms with Crippen molar-refractivity contribution in [1.82, 2.24) is 0 Å². The van der Waals surface area contributed by atoms with E-state index in [0.29, 0.717) is 34.9 Å². The summed E-state index contributed by atoms with van der Waals surface area (Å²) in [7, 11) is 1.28. The van der Waals surface area contributed by atoms with Crippen LogP contribution in [0.3, 0.4) is 0 Å². The molecule has 0 saturated carbocycles. The van der Waals surface area contributed by atoms with E-state index in [2.05, 4.69) is 5.32 Å². The number of esters is 1. The number of carbonyl (C=O) groups excluding carboxylic acids is 3. The van der Waals surface area contributed by atoms with Crippen molar-refractivity contribution in [3.05, 3.63) is 45.1 Å². The lowest BCUT2D eigenvalue weighted by Crippen LogP contribution is -2.24. The van der Waals surface area contributed by atoms with Gasteiger partial charge in [0.2, 0.25) is 5.91 Å². The third kappa shape index (κ3) is 3.67. The van der Waals surface area contributed by atoms with Gasteiger partial charge in [0, 0.05) is 40.0 Å². The summed E-state index contributed by atoms with van der Waals surface area (Å²) >= 11 is 7.40. The predicted octanol–water partition coefficient (Wildman–Crippen LogP) is 3.57. The number of rotatable bonds is 4. The van der Waals surface area contributed by atoms with E-state index in [9.17, 15) is 14.4 Å². The number of halogens is 1. The maximum absolute atomic E-state index is 12.6. The summed E-state index contributed by atoms with van der Waals surface area (Å²) in [5, 5.41) is 6.31. The molecule has 1 aliphatic rings. The van der Waals surface area contributed by atoms with E-state index in [1.807, 2.05) is 0 Å². The summed E-state index contributed by atoms with van der Waals surface area (Å²) in [5.41, 5.74) is 1.57. The standard InChI is InChI=1S/C17H15ClN2O4S/c1-24-17(23)13-8-25-9-14(13)19-16(22)10-5-11(18)7-12(6-10)20-4-2-3-15(20)21/h5-9H,2-4H2,1H3,(H,19,22). The van der Waals surface area contributed by atoms with E-state index in [1.165, 1.54) is 24.5 Å². The number of carbonyl (C=O) groups is 3. The summed E-state index contributed by atoms with van der Waals surface area (Å²) in [5.74, 6) is -0.926. The van der Waals surface area contributed by atoms with Crippen LogP contribution in [-0.4, -0.2) is 31.4 Å². The lowest BCUT2D eigenvalue weighted by atomic mass is 10.1. The SMILES string of the molecule is COC(=O)c1cscc1NC(=O)c1cc(Cl)cc(N2CCCC2=O)c1. The van der Waals surface area contributed by atoms with Crippen LogP contribution < -0.4 is 10.2 Å². The van der Waals surface area contributed by atoms with Crippen molar-refractivity contribution in [3.63, 3.8) is 0 Å². The smallest absolute Gasteiger partial charge is 0.340 e. The number of hydrogen-bond donors (Lipinski definition) is 1. The van der Waals surface area contributed by atoms with Crippen LogP contribution in [0.1, 0.15) is 33.6 Å². The summed E-state index contributed by atoms with van der Waals surface area (Å²) in [6.07, 6.45) is 1.27. The number of benzene rings is 1. The molecule has 3 rings (SSSR count). The number of nitrogens with zero attached hydrogens (tertiary/aromatic N) is 1. The minimum absolute atomic E-state index is 0.0134. The normalized spacial score (nSPS) is 13.8. The fourth-order valence-corrected chi connectivity index (χ4v) is 3.62. The minimum Gasteiger partial charge on any atom is -0.465 e. The van der Waals surface area contributed by atoms with E-state index < -0.39 is 11.9 Å². The molecule has 8 heteroatoms. The number of methoxy groups -OCH3 is 1. The van der Waals surface area contributed by atoms with Crippen molar-refractivity contribution >= 4 is 52.1 Å². The Hall–Kier alpha value is -2.38. The van der Waals surface area contributed by atoms with Gasteiger partial charge in [-0.2, -0.15) is 0 Å². The van der Waals surface area contributed by atoms with Gasteiger partial charge in [-0.3, -0.25) is 9.59 Å². The van der Waals surface area contributed by atoms with Crippen molar-refractivity contribution in [2.75, 3.05) is 23.9 Å². The fraction of sp³-hybridized carbons (Fsp3) is 0.235. The highest BCUT2D eigenvalue weighted by molar-refractivity contribution is 7.08. The quantitative estimate of drug-likeness (QED) is 0.825. The predicted molar refractivity (Wildman–Crippen MR) is 96.7 cm³/mol. The Morgan fingerprint density at radius 2 is 2.08 bits per heavy atom. The molecule has 1 fully saturated rings. The monoisotopic (exact) mass is 378 g/mol. The second-order valence-electron chi connectivity index (χ2n) is 5.49. The Kier molecular flexibility index (Phi) is 5.06. The van der Waals surface area contributed by atoms with Gasteiger partial charge >= 0.3 is 5.97 Å². The molecule has 25 heavy (non-hydrogen) atoms. The number of nitrogens with one attached hydrogen (secondary N) is 1. The van der Waals surface area contributed by atoms with Crippen LogP contribution in [0.5, 0.6) is 0 Å². The molecule has 130 valence electrons. The van der Waals surface area contributed by atoms with Crippen molar-refractivity contribution in [1.29, 1.82) is 0 Å². The zero-order valence-electron chi connectivity index (χ0n) is 13.4. The molecule has 0 aliphatic carbocycles. The van der Waals surface area contributed by atoms with Crippen LogP contribution in [0.15, 0.2) is 29.0 Å². The maximum Gasteiger partial charge on any atom is 0.340 e. The molecule has 2 aromatic rings. The van der Waals surface area contributed by atoms with Crippen LogP contribution in [0, 0.1) is 0 Å². The number of amides is 2. The van der Waals surface area contributed by atoms with E-state index in [4.69, 9.17) is 16.3 Å². The van der Waals surface area contributed by atoms with E-state index in [0.717, 1.165) is 6.42 Å². The van der Waals surface area contributed by atoms with E-state index in [1.54, 1.807) is 27.8 Å². The van der Waals surface area contributed by atoms with Crippen LogP contribution in [0.4, 0.5) is 11.4 Å². The van der Waals surface area contributed by atoms with E-state index in [-0.39, 0.29) is 11.5 Å². The molecule has 2 amide bonds. The third-order valence-corrected chi connectivity index (χ3v) is 4.81. The summed E-state index contributed by atoms with van der Waals surface area (Å²) < 4.78 is 4.69. The van der Waals surface area contributed by atoms with E-state index >= 15 is 0 Å². The fourth-order valence-electron chi connectivity index (χ4n) is 2.64. The number of hydrogen-bond acceptors (Lipinski definition) is 5. The van der Waals surface area contributed by atoms with Crippen molar-refractivity contribution in [3.8, 4) is 0 Å². The first-order valence-electron chi connectivity index (χ1n) is 7.56. The Morgan fingerprint density at radius 1 is 1.28 bits per heavy atom. The first-order chi connectivity index (χ1) is 12.0. The van der Waals surface area contributed by atoms with Crippen LogP contribution in [0.25, 0.3) is 0 Å². The number of ether oxygens (including phenoxy) is 1. The molecule has 0 spiro atoms. The van der Waals surface area contributed by atoms with Crippen molar-refractivity contribution in [2.45, 2.75) is 12.8 Å². The van der Waals surface area contributed by atoms with Crippen molar-refractivity contribution < 1.29 is 19.1 Å². The van der Waals surface area contributed by atoms with Gasteiger partial charge in [0.15, 0.2) is 0 Å². The highest BCUT2D eigenvalue weighted by Crippen LogP contribution is 2.28. The summed E-state index contributed by atoms with van der Waals surface area (Å²) in [6, 6.07) is 4.80. The van der Waals surface area contributed by atoms with Gasteiger partial charge < -0.3 is 15.0 Å². The second kappa shape index (κ2) is 7.25. The van der Waals surface area contributed by atoms with Crippen LogP contribution in [-0.2, 0) is 9.53 Å². The molecule has 0 radical (unpaired) electrons. The minimum atomic E-state index is -0.522. The molecular weight excluding hydrogens is 364 g/mol. The van der Waals surface area contributed by atoms with Crippen LogP contribution >= 0.6 is 22.9 Å². The molecular formula is C17H15ClN2O4S. The first-order valence-corrected chi connectivity index (χ1v) is 8.88. The molecule has 6 nitrogen and oxygen atoms in total. The molecule has 1 N–H and O–H groups in total. The number of anilines is 2. The molecule has 1 aromatic carbocycles. The number of thiophene rings is 1. The molecule has 0 bridgehead atoms. The summed E-state index contributed by atoms with van der Waals surface area (Å²) in [6.45, 7) is 0.608. The molecule has 0 atom stereocenters. The zero-order valence-corrected chi connectivity index (χ0v) is 14.9. The zero-order chi connectivity index (χ0) is 18.0. The molecule has 1 saturated heterocycles. The summed E-state index contributed by atoms with van der Waals surface area (Å²) in [4.78, 5) is 37.8. The Balaban J connectivity index is 1.85. The second-order valence-corrected chi connectivity index (χ2v) is 6.67. The van der Waals surface area contributed by atoms with Gasteiger partial charge in [-0.05, 0) is 24.6 Å². The molecule has 1 aromatic heterocycles. The van der Waals surface area contributed by atoms with Gasteiger partial charge in [0.1, 0.15) is 0 Å². The molecule has 2 heterocycles. The highest BCUT2D eigenvalue weighted by Gasteiger charge is 2.23. The Morgan fingerprint density at radius 3 is 2.76 bits per heavy atom. The first kappa shape index (κ1) is 17.4. The van der Waals surface area contributed by atoms with Gasteiger partial charge in [-0.1, -0.05) is 11.6 Å². The maximum atomic E-state index is 12.6. The average molecular weight is 379 g/mol. The lowest BCUT2D eigenvalue weighted by molar-refractivity contribution is -0.117. The topological polar surface area (TPSA) is 75.7 Å². The third-order valence-electron chi connectivity index (χ3n) is 3.85. The van der Waals surface area contributed by atoms with Crippen LogP contribution in [0.2, 0.25) is 5.02 Å². The lowest BCUT2D eigenvalue weighted by Gasteiger charge is -2.17. The molecule has 1 aliphatic heterocycles. The molecule has 0 unspecified atom stereocenters. The van der Waals surface area contributed by atoms with Gasteiger partial charge in [-0.25, -0.2) is 4.79 Å². The van der Waals surface area contributed by atoms with Gasteiger partial charge in [0.05, 0.1) is 18.4 Å². The highest BCUT2D eigenvalue weighted by atomic mass is 35.5. The Bertz CT molecular complexity index is 849. The Labute approximate surface area is 153 Å². The van der Waals surface area contributed by atoms with Gasteiger partial charge in [0.25, 0.3) is 5.91 Å². The average Bonchev–Trinajstić information content (AvgIpc) is 3.22. The largest absolute Gasteiger partial charge is 0.465 e. The van der Waals surface area contributed by atoms with Gasteiger partial charge in [-0.15, -0.1) is 11.3 Å². The van der Waals surface area contributed by atoms with Crippen molar-refractivity contribution in [2.24, 2.45) is 0 Å².